The van der Waals surface area contributed by atoms with E-state index in [1.807, 2.05) is 0 Å². The molecule has 0 aromatic heterocycles. The number of hydrogen-bond donors (Lipinski definition) is 1. The standard InChI is InChI=1S/C12H12F3NO3/c1-7-3-8(5-9(4-7)11(18)19)10(17)16(2)6-12(13,14)15/h3-5H,6H2,1-2H3,(H,18,19). The molecule has 0 atom stereocenters. The van der Waals surface area contributed by atoms with Crippen LogP contribution in [-0.4, -0.2) is 41.7 Å². The Hall–Kier alpha value is -2.05. The average molecular weight is 275 g/mol. The quantitative estimate of drug-likeness (QED) is 0.921. The van der Waals surface area contributed by atoms with Crippen LogP contribution in [0.1, 0.15) is 26.3 Å². The second-order valence-electron chi connectivity index (χ2n) is 4.17. The second-order valence-corrected chi connectivity index (χ2v) is 4.17. The van der Waals surface area contributed by atoms with Gasteiger partial charge in [0.1, 0.15) is 6.54 Å². The van der Waals surface area contributed by atoms with Gasteiger partial charge in [-0.15, -0.1) is 0 Å². The molecule has 0 fully saturated rings. The van der Waals surface area contributed by atoms with Gasteiger partial charge in [0.25, 0.3) is 5.91 Å². The van der Waals surface area contributed by atoms with Crippen molar-refractivity contribution in [3.63, 3.8) is 0 Å². The van der Waals surface area contributed by atoms with Crippen molar-refractivity contribution in [3.05, 3.63) is 34.9 Å². The van der Waals surface area contributed by atoms with Crippen LogP contribution in [0.2, 0.25) is 0 Å². The fourth-order valence-corrected chi connectivity index (χ4v) is 1.59. The van der Waals surface area contributed by atoms with Crippen LogP contribution in [0.4, 0.5) is 13.2 Å². The number of amides is 1. The maximum Gasteiger partial charge on any atom is 0.406 e. The summed E-state index contributed by atoms with van der Waals surface area (Å²) in [4.78, 5) is 23.1. The molecule has 1 rings (SSSR count). The number of nitrogens with zero attached hydrogens (tertiary/aromatic N) is 1. The largest absolute Gasteiger partial charge is 0.478 e. The summed E-state index contributed by atoms with van der Waals surface area (Å²) in [6, 6.07) is 3.75. The number of carboxylic acids is 1. The van der Waals surface area contributed by atoms with Gasteiger partial charge in [-0.1, -0.05) is 0 Å². The minimum atomic E-state index is -4.50. The van der Waals surface area contributed by atoms with Crippen molar-refractivity contribution in [3.8, 4) is 0 Å². The Labute approximate surface area is 107 Å². The van der Waals surface area contributed by atoms with Crippen LogP contribution < -0.4 is 0 Å². The number of alkyl halides is 3. The molecule has 0 radical (unpaired) electrons. The van der Waals surface area contributed by atoms with Gasteiger partial charge < -0.3 is 10.0 Å². The molecule has 19 heavy (non-hydrogen) atoms. The Kier molecular flexibility index (Phi) is 4.18. The van der Waals surface area contributed by atoms with Crippen molar-refractivity contribution in [1.82, 2.24) is 4.90 Å². The van der Waals surface area contributed by atoms with Crippen LogP contribution in [0.3, 0.4) is 0 Å². The Balaban J connectivity index is 3.03. The number of carbonyl (C=O) groups excluding carboxylic acids is 1. The fraction of sp³-hybridized carbons (Fsp3) is 0.333. The highest BCUT2D eigenvalue weighted by molar-refractivity contribution is 5.97. The van der Waals surface area contributed by atoms with Crippen LogP contribution in [0.15, 0.2) is 18.2 Å². The molecule has 0 saturated carbocycles. The van der Waals surface area contributed by atoms with Gasteiger partial charge in [0.15, 0.2) is 0 Å². The van der Waals surface area contributed by atoms with E-state index >= 15 is 0 Å². The van der Waals surface area contributed by atoms with E-state index in [-0.39, 0.29) is 11.1 Å². The third-order valence-corrected chi connectivity index (χ3v) is 2.33. The molecule has 0 spiro atoms. The van der Waals surface area contributed by atoms with Gasteiger partial charge >= 0.3 is 12.1 Å². The third-order valence-electron chi connectivity index (χ3n) is 2.33. The molecular weight excluding hydrogens is 263 g/mol. The molecule has 0 heterocycles. The predicted molar refractivity (Wildman–Crippen MR) is 61.2 cm³/mol. The summed E-state index contributed by atoms with van der Waals surface area (Å²) >= 11 is 0. The normalized spacial score (nSPS) is 11.2. The molecule has 0 bridgehead atoms. The van der Waals surface area contributed by atoms with Crippen molar-refractivity contribution in [2.24, 2.45) is 0 Å². The Morgan fingerprint density at radius 3 is 2.21 bits per heavy atom. The summed E-state index contributed by atoms with van der Waals surface area (Å²) in [5.74, 6) is -2.11. The highest BCUT2D eigenvalue weighted by Crippen LogP contribution is 2.18. The first-order valence-electron chi connectivity index (χ1n) is 5.27. The third kappa shape index (κ3) is 4.27. The van der Waals surface area contributed by atoms with E-state index in [4.69, 9.17) is 5.11 Å². The first-order chi connectivity index (χ1) is 8.60. The van der Waals surface area contributed by atoms with Crippen molar-refractivity contribution in [2.75, 3.05) is 13.6 Å². The lowest BCUT2D eigenvalue weighted by Gasteiger charge is -2.19. The average Bonchev–Trinajstić information content (AvgIpc) is 2.24. The number of benzene rings is 1. The minimum Gasteiger partial charge on any atom is -0.478 e. The fourth-order valence-electron chi connectivity index (χ4n) is 1.59. The van der Waals surface area contributed by atoms with E-state index in [1.165, 1.54) is 12.1 Å². The molecule has 0 aliphatic rings. The zero-order valence-corrected chi connectivity index (χ0v) is 10.3. The first kappa shape index (κ1) is 15.0. The van der Waals surface area contributed by atoms with Crippen LogP contribution in [0.5, 0.6) is 0 Å². The Bertz CT molecular complexity index is 511. The van der Waals surface area contributed by atoms with Crippen molar-refractivity contribution < 1.29 is 27.9 Å². The van der Waals surface area contributed by atoms with E-state index < -0.39 is 24.6 Å². The van der Waals surface area contributed by atoms with Crippen LogP contribution in [0, 0.1) is 6.92 Å². The van der Waals surface area contributed by atoms with Crippen molar-refractivity contribution >= 4 is 11.9 Å². The summed E-state index contributed by atoms with van der Waals surface area (Å²) in [7, 11) is 1.01. The summed E-state index contributed by atoms with van der Waals surface area (Å²) in [6.45, 7) is 0.176. The van der Waals surface area contributed by atoms with Gasteiger partial charge in [0, 0.05) is 12.6 Å². The van der Waals surface area contributed by atoms with Gasteiger partial charge in [-0.2, -0.15) is 13.2 Å². The van der Waals surface area contributed by atoms with E-state index in [9.17, 15) is 22.8 Å². The predicted octanol–water partition coefficient (Wildman–Crippen LogP) is 2.33. The summed E-state index contributed by atoms with van der Waals surface area (Å²) < 4.78 is 36.5. The van der Waals surface area contributed by atoms with Crippen molar-refractivity contribution in [1.29, 1.82) is 0 Å². The van der Waals surface area contributed by atoms with Gasteiger partial charge in [-0.05, 0) is 30.7 Å². The first-order valence-corrected chi connectivity index (χ1v) is 5.27. The number of carboxylic acid groups (broad SMARTS) is 1. The van der Waals surface area contributed by atoms with E-state index in [0.717, 1.165) is 13.1 Å². The van der Waals surface area contributed by atoms with E-state index in [0.29, 0.717) is 10.5 Å². The smallest absolute Gasteiger partial charge is 0.406 e. The number of aryl methyl sites for hydroxylation is 1. The SMILES string of the molecule is Cc1cc(C(=O)O)cc(C(=O)N(C)CC(F)(F)F)c1. The number of halogens is 3. The Morgan fingerprint density at radius 2 is 1.74 bits per heavy atom. The number of aromatic carboxylic acids is 1. The highest BCUT2D eigenvalue weighted by atomic mass is 19.4. The molecule has 1 amide bonds. The molecule has 0 saturated heterocycles. The number of hydrogen-bond acceptors (Lipinski definition) is 2. The van der Waals surface area contributed by atoms with Crippen LogP contribution >= 0.6 is 0 Å². The molecule has 1 aromatic rings. The lowest BCUT2D eigenvalue weighted by Crippen LogP contribution is -2.35. The molecule has 7 heteroatoms. The monoisotopic (exact) mass is 275 g/mol. The molecule has 0 aliphatic carbocycles. The summed E-state index contributed by atoms with van der Waals surface area (Å²) in [6.07, 6.45) is -4.50. The topological polar surface area (TPSA) is 57.6 Å². The van der Waals surface area contributed by atoms with Crippen LogP contribution in [-0.2, 0) is 0 Å². The molecule has 1 N–H and O–H groups in total. The minimum absolute atomic E-state index is 0.0795. The lowest BCUT2D eigenvalue weighted by atomic mass is 10.1. The molecule has 4 nitrogen and oxygen atoms in total. The van der Waals surface area contributed by atoms with Gasteiger partial charge in [-0.3, -0.25) is 4.79 Å². The maximum absolute atomic E-state index is 12.2. The van der Waals surface area contributed by atoms with E-state index in [2.05, 4.69) is 0 Å². The van der Waals surface area contributed by atoms with Crippen molar-refractivity contribution in [2.45, 2.75) is 13.1 Å². The highest BCUT2D eigenvalue weighted by Gasteiger charge is 2.31. The van der Waals surface area contributed by atoms with Gasteiger partial charge in [0.05, 0.1) is 5.56 Å². The van der Waals surface area contributed by atoms with Gasteiger partial charge in [0.2, 0.25) is 0 Å². The Morgan fingerprint density at radius 1 is 1.21 bits per heavy atom. The van der Waals surface area contributed by atoms with Gasteiger partial charge in [-0.25, -0.2) is 4.79 Å². The van der Waals surface area contributed by atoms with E-state index in [1.54, 1.807) is 6.92 Å². The number of carbonyl (C=O) groups is 2. The maximum atomic E-state index is 12.2. The zero-order chi connectivity index (χ0) is 14.8. The molecule has 0 aliphatic heterocycles. The lowest BCUT2D eigenvalue weighted by molar-refractivity contribution is -0.138. The zero-order valence-electron chi connectivity index (χ0n) is 10.3. The second kappa shape index (κ2) is 5.29. The number of rotatable bonds is 3. The molecular formula is C12H12F3NO3. The molecule has 0 unspecified atom stereocenters. The molecule has 1 aromatic carbocycles. The van der Waals surface area contributed by atoms with Crippen LogP contribution in [0.25, 0.3) is 0 Å². The molecule has 104 valence electrons. The summed E-state index contributed by atoms with van der Waals surface area (Å²) in [5.41, 5.74) is 0.275. The summed E-state index contributed by atoms with van der Waals surface area (Å²) in [5, 5.41) is 8.84.